The Morgan fingerprint density at radius 2 is 1.95 bits per heavy atom. The molecule has 5 heteroatoms. The monoisotopic (exact) mass is 299 g/mol. The minimum atomic E-state index is -0.811. The van der Waals surface area contributed by atoms with Gasteiger partial charge in [-0.15, -0.1) is 11.3 Å². The molecule has 0 bridgehead atoms. The van der Waals surface area contributed by atoms with Gasteiger partial charge in [0, 0.05) is 34.2 Å². The summed E-state index contributed by atoms with van der Waals surface area (Å²) in [6, 6.07) is 2.53. The van der Waals surface area contributed by atoms with Crippen LogP contribution in [-0.4, -0.2) is 13.7 Å². The Morgan fingerprint density at radius 3 is 2.60 bits per heavy atom. The quantitative estimate of drug-likeness (QED) is 0.868. The Bertz CT molecular complexity index is 595. The molecule has 0 saturated carbocycles. The minimum absolute atomic E-state index is 0.407. The van der Waals surface area contributed by atoms with Crippen molar-refractivity contribution in [3.8, 4) is 0 Å². The summed E-state index contributed by atoms with van der Waals surface area (Å²) >= 11 is 1.49. The number of benzene rings is 1. The zero-order valence-corrected chi connectivity index (χ0v) is 12.7. The van der Waals surface area contributed by atoms with E-state index < -0.39 is 11.6 Å². The standard InChI is InChI=1S/C15H19F2NOS/c1-9(2)6-18-7-15-11(8-19-3)10-4-12(16)13(17)5-14(10)20-15/h4-5,9,18H,6-8H2,1-3H3. The van der Waals surface area contributed by atoms with Gasteiger partial charge in [0.25, 0.3) is 0 Å². The molecule has 0 aliphatic heterocycles. The number of hydrogen-bond donors (Lipinski definition) is 1. The summed E-state index contributed by atoms with van der Waals surface area (Å²) in [4.78, 5) is 1.08. The Balaban J connectivity index is 2.34. The summed E-state index contributed by atoms with van der Waals surface area (Å²) in [5, 5.41) is 4.10. The molecule has 0 fully saturated rings. The van der Waals surface area contributed by atoms with Crippen molar-refractivity contribution in [1.29, 1.82) is 0 Å². The van der Waals surface area contributed by atoms with Crippen LogP contribution in [0.5, 0.6) is 0 Å². The van der Waals surface area contributed by atoms with E-state index in [1.807, 2.05) is 0 Å². The van der Waals surface area contributed by atoms with Gasteiger partial charge < -0.3 is 10.1 Å². The predicted octanol–water partition coefficient (Wildman–Crippen LogP) is 4.07. The van der Waals surface area contributed by atoms with Crippen LogP contribution in [0.3, 0.4) is 0 Å². The number of ether oxygens (including phenoxy) is 1. The first kappa shape index (κ1) is 15.4. The molecule has 110 valence electrons. The lowest BCUT2D eigenvalue weighted by Gasteiger charge is -2.08. The summed E-state index contributed by atoms with van der Waals surface area (Å²) in [5.74, 6) is -1.05. The molecular weight excluding hydrogens is 280 g/mol. The van der Waals surface area contributed by atoms with Gasteiger partial charge in [0.1, 0.15) is 0 Å². The molecule has 1 aromatic carbocycles. The van der Waals surface area contributed by atoms with E-state index in [1.165, 1.54) is 23.5 Å². The highest BCUT2D eigenvalue weighted by Gasteiger charge is 2.15. The highest BCUT2D eigenvalue weighted by atomic mass is 32.1. The third kappa shape index (κ3) is 3.34. The third-order valence-electron chi connectivity index (χ3n) is 3.04. The van der Waals surface area contributed by atoms with Gasteiger partial charge in [-0.1, -0.05) is 13.8 Å². The zero-order valence-electron chi connectivity index (χ0n) is 11.9. The Morgan fingerprint density at radius 1 is 1.25 bits per heavy atom. The second-order valence-corrected chi connectivity index (χ2v) is 6.36. The third-order valence-corrected chi connectivity index (χ3v) is 4.24. The number of nitrogens with one attached hydrogen (secondary N) is 1. The van der Waals surface area contributed by atoms with Crippen molar-refractivity contribution in [2.24, 2.45) is 5.92 Å². The number of rotatable bonds is 6. The van der Waals surface area contributed by atoms with Crippen LogP contribution in [-0.2, 0) is 17.9 Å². The smallest absolute Gasteiger partial charge is 0.160 e. The molecule has 2 aromatic rings. The molecule has 1 N–H and O–H groups in total. The van der Waals surface area contributed by atoms with Crippen LogP contribution in [0.15, 0.2) is 12.1 Å². The summed E-state index contributed by atoms with van der Waals surface area (Å²) in [6.07, 6.45) is 0. The molecular formula is C15H19F2NOS. The molecule has 0 saturated heterocycles. The first-order valence-corrected chi connectivity index (χ1v) is 7.43. The molecule has 0 spiro atoms. The lowest BCUT2D eigenvalue weighted by molar-refractivity contribution is 0.185. The number of thiophene rings is 1. The van der Waals surface area contributed by atoms with Crippen LogP contribution in [0, 0.1) is 17.6 Å². The van der Waals surface area contributed by atoms with Gasteiger partial charge >= 0.3 is 0 Å². The van der Waals surface area contributed by atoms with E-state index in [9.17, 15) is 8.78 Å². The van der Waals surface area contributed by atoms with E-state index in [-0.39, 0.29) is 0 Å². The highest BCUT2D eigenvalue weighted by molar-refractivity contribution is 7.19. The summed E-state index contributed by atoms with van der Waals surface area (Å²) < 4.78 is 32.7. The molecule has 2 rings (SSSR count). The Kier molecular flexibility index (Phi) is 5.07. The largest absolute Gasteiger partial charge is 0.380 e. The van der Waals surface area contributed by atoms with Gasteiger partial charge in [0.05, 0.1) is 6.61 Å². The maximum absolute atomic E-state index is 13.4. The number of fused-ring (bicyclic) bond motifs is 1. The van der Waals surface area contributed by atoms with Crippen molar-refractivity contribution < 1.29 is 13.5 Å². The van der Waals surface area contributed by atoms with E-state index in [1.54, 1.807) is 7.11 Å². The maximum atomic E-state index is 13.4. The molecule has 0 aliphatic carbocycles. The van der Waals surface area contributed by atoms with Gasteiger partial charge in [-0.2, -0.15) is 0 Å². The van der Waals surface area contributed by atoms with Crippen LogP contribution in [0.2, 0.25) is 0 Å². The molecule has 0 atom stereocenters. The van der Waals surface area contributed by atoms with Gasteiger partial charge in [-0.3, -0.25) is 0 Å². The number of hydrogen-bond acceptors (Lipinski definition) is 3. The second-order valence-electron chi connectivity index (χ2n) is 5.22. The summed E-state index contributed by atoms with van der Waals surface area (Å²) in [7, 11) is 1.61. The van der Waals surface area contributed by atoms with Gasteiger partial charge in [-0.25, -0.2) is 8.78 Å². The highest BCUT2D eigenvalue weighted by Crippen LogP contribution is 2.33. The van der Waals surface area contributed by atoms with Gasteiger partial charge in [-0.05, 0) is 24.6 Å². The fourth-order valence-electron chi connectivity index (χ4n) is 2.11. The zero-order chi connectivity index (χ0) is 14.7. The fraction of sp³-hybridized carbons (Fsp3) is 0.467. The van der Waals surface area contributed by atoms with Crippen molar-refractivity contribution in [2.75, 3.05) is 13.7 Å². The van der Waals surface area contributed by atoms with Crippen molar-refractivity contribution in [3.05, 3.63) is 34.2 Å². The first-order chi connectivity index (χ1) is 9.52. The van der Waals surface area contributed by atoms with Crippen LogP contribution in [0.25, 0.3) is 10.1 Å². The maximum Gasteiger partial charge on any atom is 0.160 e. The van der Waals surface area contributed by atoms with Crippen LogP contribution in [0.4, 0.5) is 8.78 Å². The van der Waals surface area contributed by atoms with E-state index in [0.717, 1.165) is 27.1 Å². The van der Waals surface area contributed by atoms with Gasteiger partial charge in [0.15, 0.2) is 11.6 Å². The number of halogens is 2. The van der Waals surface area contributed by atoms with Crippen molar-refractivity contribution >= 4 is 21.4 Å². The van der Waals surface area contributed by atoms with Crippen molar-refractivity contribution in [1.82, 2.24) is 5.32 Å². The molecule has 20 heavy (non-hydrogen) atoms. The number of methoxy groups -OCH3 is 1. The molecule has 1 aromatic heterocycles. The van der Waals surface area contributed by atoms with Crippen LogP contribution >= 0.6 is 11.3 Å². The van der Waals surface area contributed by atoms with E-state index in [4.69, 9.17) is 4.74 Å². The van der Waals surface area contributed by atoms with E-state index in [2.05, 4.69) is 19.2 Å². The Hall–Kier alpha value is -1.04. The molecule has 1 heterocycles. The van der Waals surface area contributed by atoms with Gasteiger partial charge in [0.2, 0.25) is 0 Å². The lowest BCUT2D eigenvalue weighted by atomic mass is 10.1. The SMILES string of the molecule is COCc1c(CNCC(C)C)sc2cc(F)c(F)cc12. The summed E-state index contributed by atoms with van der Waals surface area (Å²) in [6.45, 7) is 6.28. The lowest BCUT2D eigenvalue weighted by Crippen LogP contribution is -2.19. The minimum Gasteiger partial charge on any atom is -0.380 e. The second kappa shape index (κ2) is 6.61. The molecule has 2 nitrogen and oxygen atoms in total. The molecule has 0 aliphatic rings. The Labute approximate surface area is 121 Å². The molecule has 0 unspecified atom stereocenters. The van der Waals surface area contributed by atoms with Crippen LogP contribution < -0.4 is 5.32 Å². The van der Waals surface area contributed by atoms with Crippen molar-refractivity contribution in [3.63, 3.8) is 0 Å². The molecule has 0 amide bonds. The van der Waals surface area contributed by atoms with Crippen molar-refractivity contribution in [2.45, 2.75) is 27.0 Å². The van der Waals surface area contributed by atoms with Crippen LogP contribution in [0.1, 0.15) is 24.3 Å². The average molecular weight is 299 g/mol. The average Bonchev–Trinajstić information content (AvgIpc) is 2.68. The normalized spacial score (nSPS) is 11.7. The summed E-state index contributed by atoms with van der Waals surface area (Å²) in [5.41, 5.74) is 0.947. The van der Waals surface area contributed by atoms with E-state index >= 15 is 0 Å². The van der Waals surface area contributed by atoms with E-state index in [0.29, 0.717) is 19.1 Å². The predicted molar refractivity (Wildman–Crippen MR) is 79.0 cm³/mol. The molecule has 0 radical (unpaired) electrons. The first-order valence-electron chi connectivity index (χ1n) is 6.61. The fourth-order valence-corrected chi connectivity index (χ4v) is 3.30. The topological polar surface area (TPSA) is 21.3 Å².